The molecule has 2 aromatic rings. The second-order valence-corrected chi connectivity index (χ2v) is 8.88. The highest BCUT2D eigenvalue weighted by molar-refractivity contribution is 7.92. The zero-order chi connectivity index (χ0) is 21.1. The molecular formula is C21H27FN2O3S. The van der Waals surface area contributed by atoms with Crippen LogP contribution in [0, 0.1) is 19.7 Å². The molecule has 5 nitrogen and oxygen atoms in total. The molecule has 0 aliphatic carbocycles. The van der Waals surface area contributed by atoms with Gasteiger partial charge in [0.25, 0.3) is 0 Å². The molecule has 1 amide bonds. The zero-order valence-electron chi connectivity index (χ0n) is 16.9. The number of hydrogen-bond acceptors (Lipinski definition) is 3. The van der Waals surface area contributed by atoms with E-state index in [0.717, 1.165) is 27.3 Å². The summed E-state index contributed by atoms with van der Waals surface area (Å²) in [4.78, 5) is 12.9. The van der Waals surface area contributed by atoms with Crippen molar-refractivity contribution >= 4 is 21.6 Å². The normalized spacial score (nSPS) is 13.6. The van der Waals surface area contributed by atoms with Crippen LogP contribution < -0.4 is 9.62 Å². The highest BCUT2D eigenvalue weighted by Crippen LogP contribution is 2.23. The highest BCUT2D eigenvalue weighted by atomic mass is 32.2. The predicted octanol–water partition coefficient (Wildman–Crippen LogP) is 3.86. The molecule has 152 valence electrons. The number of amides is 1. The van der Waals surface area contributed by atoms with Crippen LogP contribution in [0.15, 0.2) is 42.5 Å². The van der Waals surface area contributed by atoms with Gasteiger partial charge in [-0.3, -0.25) is 9.10 Å². The summed E-state index contributed by atoms with van der Waals surface area (Å²) in [7, 11) is -3.74. The number of anilines is 1. The molecule has 0 aliphatic rings. The van der Waals surface area contributed by atoms with E-state index in [4.69, 9.17) is 0 Å². The van der Waals surface area contributed by atoms with Gasteiger partial charge in [0.05, 0.1) is 18.0 Å². The summed E-state index contributed by atoms with van der Waals surface area (Å²) in [6.45, 7) is 7.51. The van der Waals surface area contributed by atoms with E-state index in [-0.39, 0.29) is 11.7 Å². The van der Waals surface area contributed by atoms with Gasteiger partial charge < -0.3 is 5.32 Å². The number of rotatable bonds is 7. The van der Waals surface area contributed by atoms with Crippen LogP contribution in [0.1, 0.15) is 43.0 Å². The van der Waals surface area contributed by atoms with Crippen molar-refractivity contribution in [3.05, 3.63) is 65.0 Å². The maximum Gasteiger partial charge on any atom is 0.244 e. The molecule has 2 atom stereocenters. The van der Waals surface area contributed by atoms with Crippen molar-refractivity contribution in [3.63, 3.8) is 0 Å². The molecule has 0 fully saturated rings. The Morgan fingerprint density at radius 2 is 1.71 bits per heavy atom. The zero-order valence-corrected chi connectivity index (χ0v) is 17.7. The van der Waals surface area contributed by atoms with Gasteiger partial charge in [0, 0.05) is 0 Å². The maximum atomic E-state index is 13.2. The van der Waals surface area contributed by atoms with Crippen LogP contribution in [-0.2, 0) is 14.8 Å². The van der Waals surface area contributed by atoms with Crippen LogP contribution in [0.25, 0.3) is 0 Å². The number of nitrogens with one attached hydrogen (secondary N) is 1. The van der Waals surface area contributed by atoms with Crippen LogP contribution in [0.2, 0.25) is 0 Å². The van der Waals surface area contributed by atoms with Gasteiger partial charge in [0.15, 0.2) is 0 Å². The van der Waals surface area contributed by atoms with E-state index in [2.05, 4.69) is 5.32 Å². The number of carbonyl (C=O) groups excluding carboxylic acids is 1. The van der Waals surface area contributed by atoms with E-state index in [0.29, 0.717) is 6.42 Å². The highest BCUT2D eigenvalue weighted by Gasteiger charge is 2.30. The first-order valence-electron chi connectivity index (χ1n) is 9.17. The summed E-state index contributed by atoms with van der Waals surface area (Å²) in [5.74, 6) is -0.894. The van der Waals surface area contributed by atoms with E-state index >= 15 is 0 Å². The van der Waals surface area contributed by atoms with Crippen molar-refractivity contribution in [2.75, 3.05) is 10.6 Å². The summed E-state index contributed by atoms with van der Waals surface area (Å²) >= 11 is 0. The molecule has 0 aliphatic heterocycles. The summed E-state index contributed by atoms with van der Waals surface area (Å²) in [5, 5.41) is 2.94. The van der Waals surface area contributed by atoms with E-state index in [1.807, 2.05) is 39.0 Å². The standard InChI is InChI=1S/C21H27FN2O3S/c1-6-20(17-8-7-14(2)15(3)13-17)23-21(25)16(4)24(28(5,26)27)19-11-9-18(22)10-12-19/h7-13,16,20H,6H2,1-5H3,(H,23,25). The second kappa shape index (κ2) is 8.73. The maximum absolute atomic E-state index is 13.2. The number of halogens is 1. The first-order valence-corrected chi connectivity index (χ1v) is 11.0. The lowest BCUT2D eigenvalue weighted by molar-refractivity contribution is -0.122. The largest absolute Gasteiger partial charge is 0.347 e. The van der Waals surface area contributed by atoms with Gasteiger partial charge in [-0.2, -0.15) is 0 Å². The number of carbonyl (C=O) groups is 1. The Morgan fingerprint density at radius 1 is 1.11 bits per heavy atom. The number of nitrogens with zero attached hydrogens (tertiary/aromatic N) is 1. The van der Waals surface area contributed by atoms with Gasteiger partial charge in [0.2, 0.25) is 15.9 Å². The SMILES string of the molecule is CCC(NC(=O)C(C)N(c1ccc(F)cc1)S(C)(=O)=O)c1ccc(C)c(C)c1. The van der Waals surface area contributed by atoms with Gasteiger partial charge in [-0.05, 0) is 68.1 Å². The molecule has 1 N–H and O–H groups in total. The Balaban J connectivity index is 2.28. The summed E-state index contributed by atoms with van der Waals surface area (Å²) in [6, 6.07) is 9.82. The van der Waals surface area contributed by atoms with Gasteiger partial charge in [0.1, 0.15) is 11.9 Å². The number of benzene rings is 2. The predicted molar refractivity (Wildman–Crippen MR) is 110 cm³/mol. The van der Waals surface area contributed by atoms with Gasteiger partial charge in [-0.15, -0.1) is 0 Å². The summed E-state index contributed by atoms with van der Waals surface area (Å²) in [6.07, 6.45) is 1.69. The third-order valence-electron chi connectivity index (χ3n) is 4.83. The summed E-state index contributed by atoms with van der Waals surface area (Å²) in [5.41, 5.74) is 3.50. The van der Waals surface area contributed by atoms with Gasteiger partial charge >= 0.3 is 0 Å². The van der Waals surface area contributed by atoms with Crippen molar-refractivity contribution in [1.82, 2.24) is 5.32 Å². The fourth-order valence-electron chi connectivity index (χ4n) is 3.09. The lowest BCUT2D eigenvalue weighted by Gasteiger charge is -2.30. The van der Waals surface area contributed by atoms with Gasteiger partial charge in [-0.25, -0.2) is 12.8 Å². The Labute approximate surface area is 166 Å². The third kappa shape index (κ3) is 5.10. The molecule has 28 heavy (non-hydrogen) atoms. The fraction of sp³-hybridized carbons (Fsp3) is 0.381. The Morgan fingerprint density at radius 3 is 2.21 bits per heavy atom. The van der Waals surface area contributed by atoms with Crippen LogP contribution in [0.5, 0.6) is 0 Å². The minimum atomic E-state index is -3.74. The molecule has 0 bridgehead atoms. The lowest BCUT2D eigenvalue weighted by Crippen LogP contribution is -2.48. The topological polar surface area (TPSA) is 66.5 Å². The van der Waals surface area contributed by atoms with E-state index in [1.165, 1.54) is 31.2 Å². The van der Waals surface area contributed by atoms with E-state index < -0.39 is 27.8 Å². The van der Waals surface area contributed by atoms with Crippen molar-refractivity contribution in [2.45, 2.75) is 46.2 Å². The molecule has 0 saturated carbocycles. The van der Waals surface area contributed by atoms with Crippen LogP contribution in [-0.4, -0.2) is 26.6 Å². The number of sulfonamides is 1. The summed E-state index contributed by atoms with van der Waals surface area (Å²) < 4.78 is 38.9. The van der Waals surface area contributed by atoms with Crippen LogP contribution in [0.4, 0.5) is 10.1 Å². The Bertz CT molecular complexity index is 943. The van der Waals surface area contributed by atoms with Crippen LogP contribution >= 0.6 is 0 Å². The molecule has 0 saturated heterocycles. The van der Waals surface area contributed by atoms with Crippen molar-refractivity contribution in [2.24, 2.45) is 0 Å². The fourth-order valence-corrected chi connectivity index (χ4v) is 4.27. The van der Waals surface area contributed by atoms with Crippen molar-refractivity contribution < 1.29 is 17.6 Å². The Hall–Kier alpha value is -2.41. The smallest absolute Gasteiger partial charge is 0.244 e. The van der Waals surface area contributed by atoms with Crippen LogP contribution in [0.3, 0.4) is 0 Å². The quantitative estimate of drug-likeness (QED) is 0.759. The second-order valence-electron chi connectivity index (χ2n) is 7.02. The van der Waals surface area contributed by atoms with E-state index in [1.54, 1.807) is 0 Å². The van der Waals surface area contributed by atoms with E-state index in [9.17, 15) is 17.6 Å². The molecule has 7 heteroatoms. The third-order valence-corrected chi connectivity index (χ3v) is 6.07. The minimum absolute atomic E-state index is 0.233. The first kappa shape index (κ1) is 21.9. The molecule has 2 unspecified atom stereocenters. The first-order chi connectivity index (χ1) is 13.0. The molecule has 0 aromatic heterocycles. The molecule has 2 rings (SSSR count). The lowest BCUT2D eigenvalue weighted by atomic mass is 9.99. The molecule has 0 heterocycles. The number of hydrogen-bond donors (Lipinski definition) is 1. The average molecular weight is 407 g/mol. The monoisotopic (exact) mass is 406 g/mol. The average Bonchev–Trinajstić information content (AvgIpc) is 2.62. The molecule has 0 radical (unpaired) electrons. The molecule has 2 aromatic carbocycles. The molecular weight excluding hydrogens is 379 g/mol. The van der Waals surface area contributed by atoms with Crippen molar-refractivity contribution in [3.8, 4) is 0 Å². The van der Waals surface area contributed by atoms with Gasteiger partial charge in [-0.1, -0.05) is 25.1 Å². The minimum Gasteiger partial charge on any atom is -0.347 e. The van der Waals surface area contributed by atoms with Crippen molar-refractivity contribution in [1.29, 1.82) is 0 Å². The number of aryl methyl sites for hydroxylation is 2. The molecule has 0 spiro atoms. The Kier molecular flexibility index (Phi) is 6.82.